The largest absolute Gasteiger partial charge is 0.245 e. The zero-order valence-corrected chi connectivity index (χ0v) is 9.36. The molecule has 0 fully saturated rings. The molecule has 0 aliphatic heterocycles. The Hall–Kier alpha value is -1.06. The number of hydrogen-bond donors (Lipinski definition) is 0. The molecule has 0 atom stereocenters. The molecule has 0 N–H and O–H groups in total. The Morgan fingerprint density at radius 2 is 1.86 bits per heavy atom. The summed E-state index contributed by atoms with van der Waals surface area (Å²) in [5.74, 6) is 0. The highest BCUT2D eigenvalue weighted by Gasteiger charge is 1.98. The van der Waals surface area contributed by atoms with Gasteiger partial charge < -0.3 is 0 Å². The van der Waals surface area contributed by atoms with Crippen molar-refractivity contribution in [1.82, 2.24) is 4.98 Å². The summed E-state index contributed by atoms with van der Waals surface area (Å²) in [4.78, 5) is 4.29. The van der Waals surface area contributed by atoms with Crippen LogP contribution >= 0.6 is 23.6 Å². The molecule has 1 aromatic carbocycles. The van der Waals surface area contributed by atoms with Crippen molar-refractivity contribution in [2.24, 2.45) is 0 Å². The first-order chi connectivity index (χ1) is 6.75. The summed E-state index contributed by atoms with van der Waals surface area (Å²) >= 11 is 6.64. The van der Waals surface area contributed by atoms with Gasteiger partial charge in [-0.2, -0.15) is 0 Å². The molecule has 0 bridgehead atoms. The molecule has 0 spiro atoms. The topological polar surface area (TPSA) is 12.9 Å². The maximum atomic E-state index is 5.10. The molecule has 0 amide bonds. The van der Waals surface area contributed by atoms with E-state index in [0.717, 1.165) is 14.4 Å². The van der Waals surface area contributed by atoms with E-state index in [-0.39, 0.29) is 0 Å². The van der Waals surface area contributed by atoms with Crippen molar-refractivity contribution in [2.75, 3.05) is 0 Å². The van der Waals surface area contributed by atoms with E-state index < -0.39 is 0 Å². The van der Waals surface area contributed by atoms with Crippen molar-refractivity contribution in [3.05, 3.63) is 45.9 Å². The molecule has 2 rings (SSSR count). The molecule has 0 unspecified atom stereocenters. The van der Waals surface area contributed by atoms with Crippen LogP contribution in [0.5, 0.6) is 0 Å². The van der Waals surface area contributed by atoms with Crippen molar-refractivity contribution < 1.29 is 0 Å². The van der Waals surface area contributed by atoms with Crippen molar-refractivity contribution in [1.29, 1.82) is 0 Å². The lowest BCUT2D eigenvalue weighted by Gasteiger charge is -1.99. The number of nitrogens with zero attached hydrogens (tertiary/aromatic N) is 1. The van der Waals surface area contributed by atoms with E-state index in [2.05, 4.69) is 36.2 Å². The molecule has 2 aromatic rings. The van der Waals surface area contributed by atoms with Crippen LogP contribution in [0.2, 0.25) is 0 Å². The Morgan fingerprint density at radius 1 is 1.14 bits per heavy atom. The van der Waals surface area contributed by atoms with Gasteiger partial charge in [-0.25, -0.2) is 4.98 Å². The monoisotopic (exact) mass is 219 g/mol. The summed E-state index contributed by atoms with van der Waals surface area (Å²) in [6.07, 6.45) is 1.76. The second-order valence-electron chi connectivity index (χ2n) is 3.04. The lowest BCUT2D eigenvalue weighted by atomic mass is 10.2. The zero-order chi connectivity index (χ0) is 9.97. The van der Waals surface area contributed by atoms with Gasteiger partial charge in [0.2, 0.25) is 0 Å². The highest BCUT2D eigenvalue weighted by molar-refractivity contribution is 7.73. The molecular weight excluding hydrogens is 210 g/mol. The Balaban J connectivity index is 2.50. The minimum Gasteiger partial charge on any atom is -0.245 e. The molecule has 0 saturated carbocycles. The van der Waals surface area contributed by atoms with Crippen LogP contribution in [0.4, 0.5) is 0 Å². The normalized spacial score (nSPS) is 10.1. The Kier molecular flexibility index (Phi) is 2.70. The minimum atomic E-state index is 0.871. The van der Waals surface area contributed by atoms with E-state index in [4.69, 9.17) is 12.2 Å². The summed E-state index contributed by atoms with van der Waals surface area (Å²) in [6.45, 7) is 2.07. The van der Waals surface area contributed by atoms with Gasteiger partial charge in [0.05, 0.1) is 3.82 Å². The van der Waals surface area contributed by atoms with E-state index in [1.165, 1.54) is 16.9 Å². The molecule has 1 aromatic heterocycles. The van der Waals surface area contributed by atoms with Crippen LogP contribution in [0.3, 0.4) is 0 Å². The highest BCUT2D eigenvalue weighted by atomic mass is 32.1. The van der Waals surface area contributed by atoms with E-state index in [1.807, 2.05) is 6.07 Å². The van der Waals surface area contributed by atoms with Crippen molar-refractivity contribution in [2.45, 2.75) is 6.92 Å². The molecule has 0 saturated heterocycles. The first-order valence-corrected chi connectivity index (χ1v) is 5.51. The van der Waals surface area contributed by atoms with Crippen LogP contribution in [0.1, 0.15) is 5.56 Å². The molecule has 1 heterocycles. The van der Waals surface area contributed by atoms with Crippen molar-refractivity contribution >= 4 is 23.6 Å². The Labute approximate surface area is 92.1 Å². The fourth-order valence-corrected chi connectivity index (χ4v) is 2.14. The van der Waals surface area contributed by atoms with Gasteiger partial charge in [0.15, 0.2) is 0 Å². The van der Waals surface area contributed by atoms with Crippen LogP contribution in [0, 0.1) is 10.7 Å². The van der Waals surface area contributed by atoms with E-state index in [9.17, 15) is 0 Å². The number of benzene rings is 1. The van der Waals surface area contributed by atoms with Gasteiger partial charge in [0.1, 0.15) is 5.01 Å². The van der Waals surface area contributed by atoms with Crippen LogP contribution in [-0.4, -0.2) is 4.98 Å². The Morgan fingerprint density at radius 3 is 2.50 bits per heavy atom. The lowest BCUT2D eigenvalue weighted by molar-refractivity contribution is 1.37. The standard InChI is InChI=1S/C11H9NS2/c1-8-2-4-9(5-3-8)11-12-7-6-10(13)14-11/h2-7H,1H3. The maximum Gasteiger partial charge on any atom is 0.124 e. The third-order valence-electron chi connectivity index (χ3n) is 1.90. The molecule has 0 aliphatic rings. The second-order valence-corrected chi connectivity index (χ2v) is 4.77. The smallest absolute Gasteiger partial charge is 0.124 e. The third kappa shape index (κ3) is 2.05. The zero-order valence-electron chi connectivity index (χ0n) is 7.73. The molecule has 3 heteroatoms. The van der Waals surface area contributed by atoms with Gasteiger partial charge in [-0.15, -0.1) is 11.3 Å². The summed E-state index contributed by atoms with van der Waals surface area (Å²) in [5.41, 5.74) is 2.39. The van der Waals surface area contributed by atoms with Crippen LogP contribution in [0.25, 0.3) is 10.6 Å². The number of aryl methyl sites for hydroxylation is 1. The molecular formula is C11H9NS2. The van der Waals surface area contributed by atoms with Crippen LogP contribution in [0.15, 0.2) is 36.5 Å². The predicted molar refractivity (Wildman–Crippen MR) is 63.1 cm³/mol. The average molecular weight is 219 g/mol. The Bertz CT molecular complexity index is 485. The van der Waals surface area contributed by atoms with Crippen LogP contribution in [-0.2, 0) is 0 Å². The summed E-state index contributed by atoms with van der Waals surface area (Å²) in [6, 6.07) is 10.2. The van der Waals surface area contributed by atoms with Gasteiger partial charge >= 0.3 is 0 Å². The quantitative estimate of drug-likeness (QED) is 0.676. The first kappa shape index (κ1) is 9.49. The molecule has 70 valence electrons. The number of rotatable bonds is 1. The van der Waals surface area contributed by atoms with E-state index >= 15 is 0 Å². The number of hydrogen-bond acceptors (Lipinski definition) is 3. The van der Waals surface area contributed by atoms with Gasteiger partial charge in [-0.05, 0) is 13.0 Å². The average Bonchev–Trinajstić information content (AvgIpc) is 2.19. The van der Waals surface area contributed by atoms with Crippen LogP contribution < -0.4 is 0 Å². The molecule has 0 radical (unpaired) electrons. The van der Waals surface area contributed by atoms with E-state index in [1.54, 1.807) is 6.20 Å². The predicted octanol–water partition coefficient (Wildman–Crippen LogP) is 3.85. The van der Waals surface area contributed by atoms with Crippen molar-refractivity contribution in [3.63, 3.8) is 0 Å². The first-order valence-electron chi connectivity index (χ1n) is 4.29. The van der Waals surface area contributed by atoms with Gasteiger partial charge in [0.25, 0.3) is 0 Å². The van der Waals surface area contributed by atoms with Gasteiger partial charge in [-0.1, -0.05) is 42.0 Å². The molecule has 0 aliphatic carbocycles. The minimum absolute atomic E-state index is 0.871. The summed E-state index contributed by atoms with van der Waals surface area (Å²) in [7, 11) is 0. The summed E-state index contributed by atoms with van der Waals surface area (Å²) in [5, 5.41) is 0.984. The number of aromatic nitrogens is 1. The highest BCUT2D eigenvalue weighted by Crippen LogP contribution is 2.21. The lowest BCUT2D eigenvalue weighted by Crippen LogP contribution is -1.79. The fourth-order valence-electron chi connectivity index (χ4n) is 1.15. The van der Waals surface area contributed by atoms with Gasteiger partial charge in [0, 0.05) is 11.8 Å². The summed E-state index contributed by atoms with van der Waals surface area (Å²) < 4.78 is 0.871. The van der Waals surface area contributed by atoms with E-state index in [0.29, 0.717) is 0 Å². The van der Waals surface area contributed by atoms with Gasteiger partial charge in [-0.3, -0.25) is 0 Å². The molecule has 14 heavy (non-hydrogen) atoms. The maximum absolute atomic E-state index is 5.10. The SMILES string of the molecule is Cc1ccc(-c2nccc(=S)s2)cc1. The third-order valence-corrected chi connectivity index (χ3v) is 3.16. The fraction of sp³-hybridized carbons (Fsp3) is 0.0909. The molecule has 1 nitrogen and oxygen atoms in total. The second kappa shape index (κ2) is 3.98. The van der Waals surface area contributed by atoms with Crippen molar-refractivity contribution in [3.8, 4) is 10.6 Å².